The topological polar surface area (TPSA) is 61.4 Å². The van der Waals surface area contributed by atoms with E-state index in [9.17, 15) is 0 Å². The number of benzene rings is 4. The lowest BCUT2D eigenvalue weighted by molar-refractivity contribution is 0.538. The maximum Gasteiger partial charge on any atom is 0.124 e. The summed E-state index contributed by atoms with van der Waals surface area (Å²) < 4.78 is 4.27. The van der Waals surface area contributed by atoms with Crippen LogP contribution in [0.4, 0.5) is 0 Å². The highest BCUT2D eigenvalue weighted by Gasteiger charge is 2.33. The number of aromatic nitrogens is 6. The van der Waals surface area contributed by atoms with E-state index < -0.39 is 15.8 Å². The SMILES string of the molecule is CCCCn1nnc(P(c2ccccc2)c2ccccc2)c1-c1c(P(c2ccccc2)c2ccccc2)nnn1CCCC. The zero-order valence-electron chi connectivity index (χ0n) is 25.4. The fourth-order valence-electron chi connectivity index (χ4n) is 5.39. The first-order valence-corrected chi connectivity index (χ1v) is 18.2. The zero-order chi connectivity index (χ0) is 30.1. The molecule has 8 heteroatoms. The Morgan fingerprint density at radius 1 is 0.455 bits per heavy atom. The maximum atomic E-state index is 5.03. The Balaban J connectivity index is 1.64. The summed E-state index contributed by atoms with van der Waals surface area (Å²) in [7, 11) is -1.97. The fraction of sp³-hybridized carbons (Fsp3) is 0.222. The van der Waals surface area contributed by atoms with Crippen LogP contribution in [0.1, 0.15) is 39.5 Å². The van der Waals surface area contributed by atoms with Crippen LogP contribution in [0.5, 0.6) is 0 Å². The Labute approximate surface area is 262 Å². The number of hydrogen-bond donors (Lipinski definition) is 0. The van der Waals surface area contributed by atoms with Gasteiger partial charge in [0.15, 0.2) is 0 Å². The highest BCUT2D eigenvalue weighted by molar-refractivity contribution is 7.80. The van der Waals surface area contributed by atoms with Gasteiger partial charge in [-0.05, 0) is 34.1 Å². The number of nitrogens with zero attached hydrogens (tertiary/aromatic N) is 6. The molecule has 0 amide bonds. The van der Waals surface area contributed by atoms with Gasteiger partial charge in [-0.3, -0.25) is 0 Å². The third-order valence-corrected chi connectivity index (χ3v) is 12.3. The molecule has 4 aromatic carbocycles. The van der Waals surface area contributed by atoms with Crippen molar-refractivity contribution >= 4 is 47.9 Å². The Kier molecular flexibility index (Phi) is 10.0. The smallest absolute Gasteiger partial charge is 0.124 e. The molecule has 0 radical (unpaired) electrons. The van der Waals surface area contributed by atoms with Gasteiger partial charge in [0.2, 0.25) is 0 Å². The van der Waals surface area contributed by atoms with Crippen molar-refractivity contribution in [2.45, 2.75) is 52.6 Å². The monoisotopic (exact) mass is 616 g/mol. The molecule has 0 unspecified atom stereocenters. The molecule has 0 atom stereocenters. The first-order chi connectivity index (χ1) is 21.8. The van der Waals surface area contributed by atoms with Crippen LogP contribution in [-0.2, 0) is 13.1 Å². The minimum Gasteiger partial charge on any atom is -0.242 e. The first kappa shape index (κ1) is 30.1. The minimum atomic E-state index is -0.987. The summed E-state index contributed by atoms with van der Waals surface area (Å²) in [5, 5.41) is 24.8. The molecule has 0 fully saturated rings. The van der Waals surface area contributed by atoms with Crippen LogP contribution in [0.25, 0.3) is 11.4 Å². The molecular formula is C36H38N6P2. The van der Waals surface area contributed by atoms with E-state index in [4.69, 9.17) is 20.6 Å². The van der Waals surface area contributed by atoms with Crippen molar-refractivity contribution in [2.24, 2.45) is 0 Å². The Morgan fingerprint density at radius 2 is 0.750 bits per heavy atom. The van der Waals surface area contributed by atoms with Gasteiger partial charge in [-0.2, -0.15) is 0 Å². The summed E-state index contributed by atoms with van der Waals surface area (Å²) >= 11 is 0. The summed E-state index contributed by atoms with van der Waals surface area (Å²) in [5.74, 6) is 0. The molecule has 2 heterocycles. The van der Waals surface area contributed by atoms with Crippen LogP contribution in [-0.4, -0.2) is 30.0 Å². The molecule has 222 valence electrons. The van der Waals surface area contributed by atoms with Gasteiger partial charge in [-0.15, -0.1) is 10.2 Å². The van der Waals surface area contributed by atoms with Crippen molar-refractivity contribution in [3.63, 3.8) is 0 Å². The van der Waals surface area contributed by atoms with E-state index in [-0.39, 0.29) is 0 Å². The van der Waals surface area contributed by atoms with Crippen molar-refractivity contribution in [1.29, 1.82) is 0 Å². The second kappa shape index (κ2) is 14.7. The van der Waals surface area contributed by atoms with Crippen LogP contribution >= 0.6 is 15.8 Å². The molecule has 0 aliphatic heterocycles. The molecule has 44 heavy (non-hydrogen) atoms. The van der Waals surface area contributed by atoms with E-state index in [1.165, 1.54) is 21.2 Å². The predicted molar refractivity (Wildman–Crippen MR) is 186 cm³/mol. The summed E-state index contributed by atoms with van der Waals surface area (Å²) in [4.78, 5) is 0. The van der Waals surface area contributed by atoms with E-state index >= 15 is 0 Å². The molecule has 6 rings (SSSR count). The minimum absolute atomic E-state index is 0.790. The summed E-state index contributed by atoms with van der Waals surface area (Å²) in [5.41, 5.74) is 4.11. The average molecular weight is 617 g/mol. The standard InChI is InChI=1S/C36H38N6P2/c1-3-5-27-41-33(35(37-39-41)43(29-19-11-7-12-20-29)30-21-13-8-14-22-30)34-36(38-40-42(34)28-6-4-2)44(31-23-15-9-16-24-31)32-25-17-10-18-26-32/h7-26H,3-6,27-28H2,1-2H3. The molecule has 2 aromatic heterocycles. The molecule has 0 spiro atoms. The lowest BCUT2D eigenvalue weighted by Crippen LogP contribution is -2.28. The largest absolute Gasteiger partial charge is 0.242 e. The van der Waals surface area contributed by atoms with E-state index in [1.54, 1.807) is 0 Å². The molecule has 0 saturated carbocycles. The van der Waals surface area contributed by atoms with E-state index in [0.717, 1.165) is 61.0 Å². The predicted octanol–water partition coefficient (Wildman–Crippen LogP) is 5.65. The zero-order valence-corrected chi connectivity index (χ0v) is 27.2. The highest BCUT2D eigenvalue weighted by Crippen LogP contribution is 2.40. The number of aryl methyl sites for hydroxylation is 2. The molecule has 0 N–H and O–H groups in total. The van der Waals surface area contributed by atoms with Crippen LogP contribution in [0.3, 0.4) is 0 Å². The van der Waals surface area contributed by atoms with Gasteiger partial charge in [-0.25, -0.2) is 9.36 Å². The number of rotatable bonds is 13. The van der Waals surface area contributed by atoms with Crippen molar-refractivity contribution in [1.82, 2.24) is 30.0 Å². The second-order valence-corrected chi connectivity index (χ2v) is 14.9. The molecule has 6 aromatic rings. The molecular weight excluding hydrogens is 578 g/mol. The van der Waals surface area contributed by atoms with Crippen molar-refractivity contribution in [3.05, 3.63) is 121 Å². The fourth-order valence-corrected chi connectivity index (χ4v) is 9.97. The quantitative estimate of drug-likeness (QED) is 0.157. The van der Waals surface area contributed by atoms with Crippen LogP contribution in [0.15, 0.2) is 121 Å². The van der Waals surface area contributed by atoms with Gasteiger partial charge in [0.25, 0.3) is 0 Å². The lowest BCUT2D eigenvalue weighted by atomic mass is 10.3. The molecule has 0 saturated heterocycles. The second-order valence-electron chi connectivity index (χ2n) is 10.7. The summed E-state index contributed by atoms with van der Waals surface area (Å²) in [6, 6.07) is 43.1. The average Bonchev–Trinajstić information content (AvgIpc) is 3.68. The van der Waals surface area contributed by atoms with E-state index in [2.05, 4.69) is 145 Å². The Hall–Kier alpha value is -3.98. The van der Waals surface area contributed by atoms with Crippen LogP contribution < -0.4 is 32.1 Å². The van der Waals surface area contributed by atoms with Crippen molar-refractivity contribution < 1.29 is 0 Å². The van der Waals surface area contributed by atoms with Crippen molar-refractivity contribution in [3.8, 4) is 11.4 Å². The van der Waals surface area contributed by atoms with Gasteiger partial charge in [0.1, 0.15) is 22.3 Å². The molecule has 0 bridgehead atoms. The van der Waals surface area contributed by atoms with Gasteiger partial charge in [0, 0.05) is 28.9 Å². The normalized spacial score (nSPS) is 11.5. The maximum absolute atomic E-state index is 5.03. The lowest BCUT2D eigenvalue weighted by Gasteiger charge is -2.21. The summed E-state index contributed by atoms with van der Waals surface area (Å²) in [6.07, 6.45) is 4.17. The van der Waals surface area contributed by atoms with Gasteiger partial charge in [-0.1, -0.05) is 158 Å². The van der Waals surface area contributed by atoms with Crippen molar-refractivity contribution in [2.75, 3.05) is 0 Å². The number of hydrogen-bond acceptors (Lipinski definition) is 4. The number of unbranched alkanes of at least 4 members (excludes halogenated alkanes) is 2. The van der Waals surface area contributed by atoms with Crippen LogP contribution in [0, 0.1) is 0 Å². The van der Waals surface area contributed by atoms with Gasteiger partial charge in [0.05, 0.1) is 0 Å². The molecule has 0 aliphatic carbocycles. The van der Waals surface area contributed by atoms with Gasteiger partial charge >= 0.3 is 0 Å². The third kappa shape index (κ3) is 6.43. The van der Waals surface area contributed by atoms with E-state index in [0.29, 0.717) is 0 Å². The van der Waals surface area contributed by atoms with Crippen LogP contribution in [0.2, 0.25) is 0 Å². The Bertz CT molecular complexity index is 1530. The highest BCUT2D eigenvalue weighted by atomic mass is 31.1. The summed E-state index contributed by atoms with van der Waals surface area (Å²) in [6.45, 7) is 6.03. The van der Waals surface area contributed by atoms with Gasteiger partial charge < -0.3 is 0 Å². The first-order valence-electron chi connectivity index (χ1n) is 15.5. The third-order valence-electron chi connectivity index (χ3n) is 7.59. The Morgan fingerprint density at radius 3 is 1.02 bits per heavy atom. The molecule has 6 nitrogen and oxygen atoms in total. The van der Waals surface area contributed by atoms with E-state index in [1.807, 2.05) is 0 Å². The molecule has 0 aliphatic rings.